The molecule has 0 bridgehead atoms. The summed E-state index contributed by atoms with van der Waals surface area (Å²) in [6.45, 7) is 5.30. The Morgan fingerprint density at radius 1 is 1.07 bits per heavy atom. The van der Waals surface area contributed by atoms with Gasteiger partial charge in [0, 0.05) is 31.4 Å². The molecule has 3 aromatic carbocycles. The van der Waals surface area contributed by atoms with Crippen molar-refractivity contribution >= 4 is 28.9 Å². The van der Waals surface area contributed by atoms with Gasteiger partial charge in [0.25, 0.3) is 0 Å². The average Bonchev–Trinajstić information content (AvgIpc) is 2.72. The van der Waals surface area contributed by atoms with Crippen molar-refractivity contribution in [2.45, 2.75) is 19.1 Å². The summed E-state index contributed by atoms with van der Waals surface area (Å²) in [7, 11) is 0. The van der Waals surface area contributed by atoms with E-state index in [1.54, 1.807) is 0 Å². The number of morpholine rings is 1. The SMILES string of the molecule is CC(NCC1CN(c2ccc(F)cc2)CCO1)c1cccc2ccccc12.Cl. The minimum atomic E-state index is -0.200. The summed E-state index contributed by atoms with van der Waals surface area (Å²) in [6.07, 6.45) is 0.112. The second-order valence-electron chi connectivity index (χ2n) is 7.11. The zero-order valence-electron chi connectivity index (χ0n) is 16.0. The van der Waals surface area contributed by atoms with Crippen LogP contribution in [0.2, 0.25) is 0 Å². The highest BCUT2D eigenvalue weighted by Crippen LogP contribution is 2.24. The van der Waals surface area contributed by atoms with E-state index in [2.05, 4.69) is 59.6 Å². The van der Waals surface area contributed by atoms with Crippen LogP contribution in [0, 0.1) is 5.82 Å². The predicted molar refractivity (Wildman–Crippen MR) is 116 cm³/mol. The predicted octanol–water partition coefficient (Wildman–Crippen LogP) is 4.96. The van der Waals surface area contributed by atoms with E-state index in [1.165, 1.54) is 28.5 Å². The van der Waals surface area contributed by atoms with E-state index in [4.69, 9.17) is 4.74 Å². The normalized spacial score (nSPS) is 17.9. The van der Waals surface area contributed by atoms with Gasteiger partial charge in [0.1, 0.15) is 5.82 Å². The van der Waals surface area contributed by atoms with Gasteiger partial charge in [-0.15, -0.1) is 12.4 Å². The first-order valence-electron chi connectivity index (χ1n) is 9.54. The van der Waals surface area contributed by atoms with Gasteiger partial charge in [0.15, 0.2) is 0 Å². The molecule has 1 saturated heterocycles. The fourth-order valence-electron chi connectivity index (χ4n) is 3.78. The second-order valence-corrected chi connectivity index (χ2v) is 7.11. The summed E-state index contributed by atoms with van der Waals surface area (Å²) in [5.41, 5.74) is 2.35. The number of halogens is 2. The monoisotopic (exact) mass is 400 g/mol. The Morgan fingerprint density at radius 3 is 2.64 bits per heavy atom. The Bertz CT molecular complexity index is 897. The van der Waals surface area contributed by atoms with Crippen molar-refractivity contribution in [3.8, 4) is 0 Å². The number of hydrogen-bond acceptors (Lipinski definition) is 3. The fraction of sp³-hybridized carbons (Fsp3) is 0.304. The molecule has 0 amide bonds. The van der Waals surface area contributed by atoms with Crippen LogP contribution in [-0.4, -0.2) is 32.3 Å². The van der Waals surface area contributed by atoms with Crippen molar-refractivity contribution in [2.75, 3.05) is 31.1 Å². The number of nitrogens with zero attached hydrogens (tertiary/aromatic N) is 1. The number of nitrogens with one attached hydrogen (secondary N) is 1. The molecule has 0 saturated carbocycles. The quantitative estimate of drug-likeness (QED) is 0.655. The van der Waals surface area contributed by atoms with Crippen LogP contribution in [0.25, 0.3) is 10.8 Å². The van der Waals surface area contributed by atoms with Gasteiger partial charge in [0.2, 0.25) is 0 Å². The number of ether oxygens (including phenoxy) is 1. The summed E-state index contributed by atoms with van der Waals surface area (Å²) in [6, 6.07) is 21.9. The van der Waals surface area contributed by atoms with Crippen LogP contribution < -0.4 is 10.2 Å². The Labute approximate surface area is 171 Å². The van der Waals surface area contributed by atoms with Gasteiger partial charge in [0.05, 0.1) is 12.7 Å². The van der Waals surface area contributed by atoms with Crippen molar-refractivity contribution in [2.24, 2.45) is 0 Å². The molecule has 1 aliphatic rings. The van der Waals surface area contributed by atoms with E-state index >= 15 is 0 Å². The maximum Gasteiger partial charge on any atom is 0.123 e. The Morgan fingerprint density at radius 2 is 1.82 bits per heavy atom. The van der Waals surface area contributed by atoms with Crippen LogP contribution in [0.4, 0.5) is 10.1 Å². The standard InChI is InChI=1S/C23H25FN2O.ClH/c1-17(22-8-4-6-18-5-2-3-7-23(18)22)25-15-21-16-26(13-14-27-21)20-11-9-19(24)10-12-20;/h2-12,17,21,25H,13-16H2,1H3;1H. The minimum absolute atomic E-state index is 0. The maximum absolute atomic E-state index is 13.2. The molecule has 5 heteroatoms. The second kappa shape index (κ2) is 9.37. The molecule has 0 aromatic heterocycles. The molecule has 1 aliphatic heterocycles. The molecule has 4 rings (SSSR count). The van der Waals surface area contributed by atoms with E-state index in [0.717, 1.165) is 25.3 Å². The van der Waals surface area contributed by atoms with Gasteiger partial charge < -0.3 is 15.0 Å². The molecule has 148 valence electrons. The number of fused-ring (bicyclic) bond motifs is 1. The van der Waals surface area contributed by atoms with E-state index < -0.39 is 0 Å². The summed E-state index contributed by atoms with van der Waals surface area (Å²) in [5.74, 6) is -0.200. The first-order chi connectivity index (χ1) is 13.2. The zero-order valence-corrected chi connectivity index (χ0v) is 16.8. The Hall–Kier alpha value is -2.14. The molecule has 1 heterocycles. The molecule has 0 spiro atoms. The third-order valence-corrected chi connectivity index (χ3v) is 5.27. The number of rotatable bonds is 5. The Kier molecular flexibility index (Phi) is 6.89. The lowest BCUT2D eigenvalue weighted by Gasteiger charge is -2.35. The summed E-state index contributed by atoms with van der Waals surface area (Å²) < 4.78 is 19.1. The summed E-state index contributed by atoms with van der Waals surface area (Å²) in [4.78, 5) is 2.26. The van der Waals surface area contributed by atoms with Crippen LogP contribution in [0.15, 0.2) is 66.7 Å². The van der Waals surface area contributed by atoms with Crippen molar-refractivity contribution in [1.29, 1.82) is 0 Å². The van der Waals surface area contributed by atoms with E-state index in [1.807, 2.05) is 12.1 Å². The first kappa shape index (κ1) is 20.6. The molecule has 2 atom stereocenters. The van der Waals surface area contributed by atoms with Gasteiger partial charge >= 0.3 is 0 Å². The smallest absolute Gasteiger partial charge is 0.123 e. The van der Waals surface area contributed by atoms with Crippen LogP contribution in [0.5, 0.6) is 0 Å². The highest BCUT2D eigenvalue weighted by atomic mass is 35.5. The Balaban J connectivity index is 0.00000225. The molecule has 28 heavy (non-hydrogen) atoms. The molecule has 3 nitrogen and oxygen atoms in total. The lowest BCUT2D eigenvalue weighted by atomic mass is 9.99. The van der Waals surface area contributed by atoms with E-state index in [9.17, 15) is 4.39 Å². The van der Waals surface area contributed by atoms with Crippen molar-refractivity contribution in [3.05, 3.63) is 78.1 Å². The molecule has 0 radical (unpaired) electrons. The highest BCUT2D eigenvalue weighted by molar-refractivity contribution is 5.86. The third-order valence-electron chi connectivity index (χ3n) is 5.27. The summed E-state index contributed by atoms with van der Waals surface area (Å²) in [5, 5.41) is 6.18. The van der Waals surface area contributed by atoms with Crippen LogP contribution in [-0.2, 0) is 4.74 Å². The van der Waals surface area contributed by atoms with Crippen molar-refractivity contribution < 1.29 is 9.13 Å². The molecular formula is C23H26ClFN2O. The first-order valence-corrected chi connectivity index (χ1v) is 9.54. The van der Waals surface area contributed by atoms with Gasteiger partial charge in [-0.3, -0.25) is 0 Å². The van der Waals surface area contributed by atoms with Crippen molar-refractivity contribution in [1.82, 2.24) is 5.32 Å². The van der Waals surface area contributed by atoms with Crippen LogP contribution in [0.3, 0.4) is 0 Å². The number of anilines is 1. The van der Waals surface area contributed by atoms with Gasteiger partial charge in [-0.2, -0.15) is 0 Å². The van der Waals surface area contributed by atoms with Crippen LogP contribution in [0.1, 0.15) is 18.5 Å². The number of hydrogen-bond donors (Lipinski definition) is 1. The van der Waals surface area contributed by atoms with Gasteiger partial charge in [-0.25, -0.2) is 4.39 Å². The highest BCUT2D eigenvalue weighted by Gasteiger charge is 2.21. The molecular weight excluding hydrogens is 375 g/mol. The number of benzene rings is 3. The fourth-order valence-corrected chi connectivity index (χ4v) is 3.78. The lowest BCUT2D eigenvalue weighted by molar-refractivity contribution is 0.0395. The third kappa shape index (κ3) is 4.64. The van der Waals surface area contributed by atoms with E-state index in [0.29, 0.717) is 6.61 Å². The average molecular weight is 401 g/mol. The van der Waals surface area contributed by atoms with Gasteiger partial charge in [-0.05, 0) is 47.5 Å². The molecule has 1 N–H and O–H groups in total. The molecule has 0 aliphatic carbocycles. The van der Waals surface area contributed by atoms with Gasteiger partial charge in [-0.1, -0.05) is 42.5 Å². The molecule has 2 unspecified atom stereocenters. The van der Waals surface area contributed by atoms with Crippen LogP contribution >= 0.6 is 12.4 Å². The molecule has 1 fully saturated rings. The topological polar surface area (TPSA) is 24.5 Å². The lowest BCUT2D eigenvalue weighted by Crippen LogP contribution is -2.47. The largest absolute Gasteiger partial charge is 0.373 e. The maximum atomic E-state index is 13.2. The molecule has 3 aromatic rings. The minimum Gasteiger partial charge on any atom is -0.373 e. The van der Waals surface area contributed by atoms with E-state index in [-0.39, 0.29) is 30.4 Å². The summed E-state index contributed by atoms with van der Waals surface area (Å²) >= 11 is 0. The zero-order chi connectivity index (χ0) is 18.6. The van der Waals surface area contributed by atoms with Crippen molar-refractivity contribution in [3.63, 3.8) is 0 Å².